The van der Waals surface area contributed by atoms with Crippen molar-refractivity contribution < 1.29 is 5.11 Å². The van der Waals surface area contributed by atoms with Crippen LogP contribution in [0.2, 0.25) is 5.02 Å². The number of pyridine rings is 1. The van der Waals surface area contributed by atoms with Crippen molar-refractivity contribution in [1.82, 2.24) is 10.3 Å². The van der Waals surface area contributed by atoms with Crippen LogP contribution in [0.25, 0.3) is 10.9 Å². The Bertz CT molecular complexity index is 629. The van der Waals surface area contributed by atoms with E-state index in [9.17, 15) is 5.11 Å². The van der Waals surface area contributed by atoms with E-state index >= 15 is 0 Å². The highest BCUT2D eigenvalue weighted by molar-refractivity contribution is 7.99. The molecule has 1 aliphatic rings. The molecule has 0 unspecified atom stereocenters. The lowest BCUT2D eigenvalue weighted by Crippen LogP contribution is -2.43. The molecule has 2 N–H and O–H groups in total. The Morgan fingerprint density at radius 2 is 2.14 bits per heavy atom. The van der Waals surface area contributed by atoms with Gasteiger partial charge in [-0.15, -0.1) is 0 Å². The summed E-state index contributed by atoms with van der Waals surface area (Å²) in [4.78, 5) is 4.44. The van der Waals surface area contributed by atoms with Crippen molar-refractivity contribution >= 4 is 34.3 Å². The van der Waals surface area contributed by atoms with Gasteiger partial charge in [-0.1, -0.05) is 17.7 Å². The molecular formula is C16H19ClN2OS. The summed E-state index contributed by atoms with van der Waals surface area (Å²) in [5.74, 6) is 2.08. The Morgan fingerprint density at radius 1 is 1.33 bits per heavy atom. The number of aromatic nitrogens is 1. The number of hydrogen-bond donors (Lipinski definition) is 2. The van der Waals surface area contributed by atoms with E-state index in [0.29, 0.717) is 13.1 Å². The predicted molar refractivity (Wildman–Crippen MR) is 90.0 cm³/mol. The molecule has 0 atom stereocenters. The fourth-order valence-electron chi connectivity index (χ4n) is 2.72. The molecular weight excluding hydrogens is 304 g/mol. The normalized spacial score (nSPS) is 18.0. The molecule has 112 valence electrons. The summed E-state index contributed by atoms with van der Waals surface area (Å²) in [7, 11) is 0. The van der Waals surface area contributed by atoms with Gasteiger partial charge in [-0.05, 0) is 48.1 Å². The number of nitrogens with one attached hydrogen (secondary N) is 1. The molecule has 0 spiro atoms. The van der Waals surface area contributed by atoms with Gasteiger partial charge in [-0.3, -0.25) is 4.98 Å². The monoisotopic (exact) mass is 322 g/mol. The summed E-state index contributed by atoms with van der Waals surface area (Å²) in [5, 5.41) is 15.6. The minimum Gasteiger partial charge on any atom is -0.389 e. The Balaban J connectivity index is 1.70. The first-order valence-corrected chi connectivity index (χ1v) is 8.74. The Morgan fingerprint density at radius 3 is 2.95 bits per heavy atom. The molecule has 1 fully saturated rings. The first kappa shape index (κ1) is 15.1. The standard InChI is InChI=1S/C16H19ClN2OS/c17-14-8-12-2-1-5-19-15(12)13(9-14)10-18-11-16(20)3-6-21-7-4-16/h1-2,5,8-9,18,20H,3-4,6-7,10-11H2. The van der Waals surface area contributed by atoms with E-state index in [1.807, 2.05) is 36.0 Å². The number of rotatable bonds is 4. The zero-order valence-electron chi connectivity index (χ0n) is 11.8. The van der Waals surface area contributed by atoms with Crippen LogP contribution in [-0.2, 0) is 6.54 Å². The molecule has 2 aromatic rings. The fraction of sp³-hybridized carbons (Fsp3) is 0.438. The van der Waals surface area contributed by atoms with E-state index in [1.165, 1.54) is 0 Å². The van der Waals surface area contributed by atoms with Gasteiger partial charge < -0.3 is 10.4 Å². The first-order chi connectivity index (χ1) is 10.2. The topological polar surface area (TPSA) is 45.1 Å². The van der Waals surface area contributed by atoms with E-state index in [4.69, 9.17) is 11.6 Å². The molecule has 1 aliphatic heterocycles. The molecule has 0 amide bonds. The lowest BCUT2D eigenvalue weighted by Gasteiger charge is -2.32. The molecule has 0 aliphatic carbocycles. The van der Waals surface area contributed by atoms with Gasteiger partial charge in [0, 0.05) is 29.7 Å². The number of halogens is 1. The van der Waals surface area contributed by atoms with E-state index in [-0.39, 0.29) is 0 Å². The fourth-order valence-corrected chi connectivity index (χ4v) is 4.22. The summed E-state index contributed by atoms with van der Waals surface area (Å²) in [6.07, 6.45) is 3.52. The molecule has 1 aromatic carbocycles. The number of aliphatic hydroxyl groups is 1. The highest BCUT2D eigenvalue weighted by Gasteiger charge is 2.28. The van der Waals surface area contributed by atoms with E-state index in [1.54, 1.807) is 6.20 Å². The predicted octanol–water partition coefficient (Wildman–Crippen LogP) is 3.24. The van der Waals surface area contributed by atoms with Gasteiger partial charge >= 0.3 is 0 Å². The number of hydrogen-bond acceptors (Lipinski definition) is 4. The van der Waals surface area contributed by atoms with Crippen molar-refractivity contribution in [2.45, 2.75) is 25.0 Å². The van der Waals surface area contributed by atoms with Crippen LogP contribution in [0, 0.1) is 0 Å². The molecule has 5 heteroatoms. The lowest BCUT2D eigenvalue weighted by molar-refractivity contribution is 0.0320. The van der Waals surface area contributed by atoms with Gasteiger partial charge in [0.05, 0.1) is 11.1 Å². The van der Waals surface area contributed by atoms with E-state index in [0.717, 1.165) is 45.8 Å². The number of benzene rings is 1. The second-order valence-corrected chi connectivity index (χ2v) is 7.24. The third kappa shape index (κ3) is 3.69. The molecule has 0 bridgehead atoms. The highest BCUT2D eigenvalue weighted by Crippen LogP contribution is 2.27. The van der Waals surface area contributed by atoms with Crippen LogP contribution in [0.4, 0.5) is 0 Å². The van der Waals surface area contributed by atoms with Crippen LogP contribution in [-0.4, -0.2) is 33.7 Å². The van der Waals surface area contributed by atoms with Crippen LogP contribution >= 0.6 is 23.4 Å². The van der Waals surface area contributed by atoms with Crippen molar-refractivity contribution in [3.8, 4) is 0 Å². The molecule has 3 rings (SSSR count). The third-order valence-corrected chi connectivity index (χ3v) is 5.15. The zero-order valence-corrected chi connectivity index (χ0v) is 13.4. The lowest BCUT2D eigenvalue weighted by atomic mass is 9.97. The van der Waals surface area contributed by atoms with Crippen LogP contribution in [0.5, 0.6) is 0 Å². The van der Waals surface area contributed by atoms with Gasteiger partial charge in [-0.25, -0.2) is 0 Å². The van der Waals surface area contributed by atoms with E-state index < -0.39 is 5.60 Å². The number of thioether (sulfide) groups is 1. The van der Waals surface area contributed by atoms with Crippen LogP contribution in [0.1, 0.15) is 18.4 Å². The SMILES string of the molecule is OC1(CNCc2cc(Cl)cc3cccnc23)CCSCC1. The second kappa shape index (κ2) is 6.53. The second-order valence-electron chi connectivity index (χ2n) is 5.58. The molecule has 0 radical (unpaired) electrons. The van der Waals surface area contributed by atoms with Crippen molar-refractivity contribution in [3.05, 3.63) is 41.0 Å². The number of nitrogens with zero attached hydrogens (tertiary/aromatic N) is 1. The average molecular weight is 323 g/mol. The van der Waals surface area contributed by atoms with Crippen molar-refractivity contribution in [3.63, 3.8) is 0 Å². The maximum Gasteiger partial charge on any atom is 0.0787 e. The van der Waals surface area contributed by atoms with Gasteiger partial charge in [-0.2, -0.15) is 11.8 Å². The van der Waals surface area contributed by atoms with Gasteiger partial charge in [0.1, 0.15) is 0 Å². The van der Waals surface area contributed by atoms with Gasteiger partial charge in [0.15, 0.2) is 0 Å². The molecule has 3 nitrogen and oxygen atoms in total. The van der Waals surface area contributed by atoms with Crippen molar-refractivity contribution in [1.29, 1.82) is 0 Å². The minimum atomic E-state index is -0.562. The van der Waals surface area contributed by atoms with Crippen LogP contribution in [0.3, 0.4) is 0 Å². The van der Waals surface area contributed by atoms with Crippen molar-refractivity contribution in [2.75, 3.05) is 18.1 Å². The molecule has 2 heterocycles. The molecule has 21 heavy (non-hydrogen) atoms. The van der Waals surface area contributed by atoms with Crippen LogP contribution in [0.15, 0.2) is 30.5 Å². The smallest absolute Gasteiger partial charge is 0.0787 e. The largest absolute Gasteiger partial charge is 0.389 e. The Hall–Kier alpha value is -0.810. The summed E-state index contributed by atoms with van der Waals surface area (Å²) in [6.45, 7) is 1.29. The summed E-state index contributed by atoms with van der Waals surface area (Å²) >= 11 is 8.09. The van der Waals surface area contributed by atoms with E-state index in [2.05, 4.69) is 10.3 Å². The molecule has 1 saturated heterocycles. The molecule has 1 aromatic heterocycles. The maximum absolute atomic E-state index is 10.5. The summed E-state index contributed by atoms with van der Waals surface area (Å²) in [5.41, 5.74) is 1.49. The van der Waals surface area contributed by atoms with Gasteiger partial charge in [0.2, 0.25) is 0 Å². The number of fused-ring (bicyclic) bond motifs is 1. The van der Waals surface area contributed by atoms with Crippen molar-refractivity contribution in [2.24, 2.45) is 0 Å². The third-order valence-electron chi connectivity index (χ3n) is 3.94. The first-order valence-electron chi connectivity index (χ1n) is 7.20. The Labute approximate surface area is 134 Å². The zero-order chi connectivity index (χ0) is 14.7. The average Bonchev–Trinajstić information content (AvgIpc) is 2.47. The van der Waals surface area contributed by atoms with Crippen LogP contribution < -0.4 is 5.32 Å². The summed E-state index contributed by atoms with van der Waals surface area (Å²) < 4.78 is 0. The summed E-state index contributed by atoms with van der Waals surface area (Å²) in [6, 6.07) is 7.81. The minimum absolute atomic E-state index is 0.562. The van der Waals surface area contributed by atoms with Gasteiger partial charge in [0.25, 0.3) is 0 Å². The quantitative estimate of drug-likeness (QED) is 0.907. The maximum atomic E-state index is 10.5. The highest BCUT2D eigenvalue weighted by atomic mass is 35.5. The molecule has 0 saturated carbocycles. The Kier molecular flexibility index (Phi) is 4.69.